The Hall–Kier alpha value is -3.05. The highest BCUT2D eigenvalue weighted by Gasteiger charge is 2.20. The van der Waals surface area contributed by atoms with Crippen LogP contribution in [-0.4, -0.2) is 15.3 Å². The fourth-order valence-electron chi connectivity index (χ4n) is 3.79. The number of fused-ring (bicyclic) bond motifs is 4. The molecule has 0 N–H and O–H groups in total. The molecule has 1 aromatic heterocycles. The fraction of sp³-hybridized carbons (Fsp3) is 0.0870. The van der Waals surface area contributed by atoms with Gasteiger partial charge in [0.05, 0.1) is 23.8 Å². The molecule has 0 aliphatic heterocycles. The van der Waals surface area contributed by atoms with Crippen LogP contribution in [0, 0.1) is 0 Å². The Morgan fingerprint density at radius 2 is 1.82 bits per heavy atom. The van der Waals surface area contributed by atoms with Crippen molar-refractivity contribution in [3.63, 3.8) is 0 Å². The molecule has 0 unspecified atom stereocenters. The van der Waals surface area contributed by atoms with E-state index in [2.05, 4.69) is 33.0 Å². The minimum absolute atomic E-state index is 0.0330. The van der Waals surface area contributed by atoms with Gasteiger partial charge in [0.15, 0.2) is 5.78 Å². The highest BCUT2D eigenvalue weighted by Crippen LogP contribution is 2.36. The molecule has 5 heteroatoms. The van der Waals surface area contributed by atoms with E-state index in [1.165, 1.54) is 27.6 Å². The van der Waals surface area contributed by atoms with E-state index in [1.54, 1.807) is 12.1 Å². The summed E-state index contributed by atoms with van der Waals surface area (Å²) >= 11 is 3.38. The summed E-state index contributed by atoms with van der Waals surface area (Å²) in [4.78, 5) is 29.9. The minimum atomic E-state index is -0.217. The molecule has 1 aliphatic carbocycles. The van der Waals surface area contributed by atoms with Gasteiger partial charge in [-0.3, -0.25) is 14.2 Å². The molecule has 0 bridgehead atoms. The minimum Gasteiger partial charge on any atom is -0.292 e. The van der Waals surface area contributed by atoms with Crippen molar-refractivity contribution in [2.45, 2.75) is 13.0 Å². The molecular formula is C23H15BrN2O2. The van der Waals surface area contributed by atoms with Crippen molar-refractivity contribution < 1.29 is 4.79 Å². The Labute approximate surface area is 169 Å². The van der Waals surface area contributed by atoms with Crippen LogP contribution in [0.4, 0.5) is 0 Å². The van der Waals surface area contributed by atoms with Gasteiger partial charge in [0.1, 0.15) is 0 Å². The Balaban J connectivity index is 1.50. The lowest BCUT2D eigenvalue weighted by Gasteiger charge is -2.08. The molecule has 1 heterocycles. The van der Waals surface area contributed by atoms with Gasteiger partial charge in [0.2, 0.25) is 0 Å². The van der Waals surface area contributed by atoms with E-state index in [9.17, 15) is 9.59 Å². The zero-order valence-corrected chi connectivity index (χ0v) is 16.4. The third-order valence-electron chi connectivity index (χ3n) is 5.22. The lowest BCUT2D eigenvalue weighted by Crippen LogP contribution is -2.24. The predicted molar refractivity (Wildman–Crippen MR) is 113 cm³/mol. The maximum absolute atomic E-state index is 12.9. The second kappa shape index (κ2) is 6.53. The largest absolute Gasteiger partial charge is 0.292 e. The summed E-state index contributed by atoms with van der Waals surface area (Å²) in [6.45, 7) is -0.0330. The third-order valence-corrected chi connectivity index (χ3v) is 5.71. The Bertz CT molecular complexity index is 1320. The second-order valence-corrected chi connectivity index (χ2v) is 7.88. The number of carbonyl (C=O) groups excluding carboxylic acids is 1. The molecular weight excluding hydrogens is 416 g/mol. The zero-order chi connectivity index (χ0) is 19.3. The summed E-state index contributed by atoms with van der Waals surface area (Å²) in [6.07, 6.45) is 2.34. The van der Waals surface area contributed by atoms with Crippen LogP contribution in [0.5, 0.6) is 0 Å². The number of carbonyl (C=O) groups is 1. The first-order chi connectivity index (χ1) is 13.6. The van der Waals surface area contributed by atoms with E-state index in [0.29, 0.717) is 16.5 Å². The number of ketones is 1. The molecule has 0 saturated heterocycles. The topological polar surface area (TPSA) is 52.0 Å². The van der Waals surface area contributed by atoms with Crippen LogP contribution in [-0.2, 0) is 13.0 Å². The summed E-state index contributed by atoms with van der Waals surface area (Å²) in [5.41, 5.74) is 5.81. The summed E-state index contributed by atoms with van der Waals surface area (Å²) in [7, 11) is 0. The van der Waals surface area contributed by atoms with Crippen LogP contribution in [0.25, 0.3) is 22.0 Å². The number of Topliss-reactive ketones (excluding diaryl/α,β-unsaturated/α-hetero) is 1. The molecule has 0 fully saturated rings. The van der Waals surface area contributed by atoms with E-state index in [0.717, 1.165) is 16.5 Å². The van der Waals surface area contributed by atoms with Gasteiger partial charge < -0.3 is 0 Å². The molecule has 4 aromatic rings. The normalized spacial score (nSPS) is 12.0. The average Bonchev–Trinajstić information content (AvgIpc) is 3.08. The Morgan fingerprint density at radius 3 is 2.71 bits per heavy atom. The number of benzene rings is 3. The van der Waals surface area contributed by atoms with Gasteiger partial charge >= 0.3 is 0 Å². The van der Waals surface area contributed by atoms with E-state index < -0.39 is 0 Å². The monoisotopic (exact) mass is 430 g/mol. The number of hydrogen-bond donors (Lipinski definition) is 0. The molecule has 3 aromatic carbocycles. The van der Waals surface area contributed by atoms with Crippen molar-refractivity contribution in [1.29, 1.82) is 0 Å². The van der Waals surface area contributed by atoms with Crippen molar-refractivity contribution in [1.82, 2.24) is 9.55 Å². The van der Waals surface area contributed by atoms with Crippen LogP contribution in [0.15, 0.2) is 76.3 Å². The van der Waals surface area contributed by atoms with Crippen LogP contribution in [0.1, 0.15) is 21.5 Å². The van der Waals surface area contributed by atoms with Crippen LogP contribution in [0.2, 0.25) is 0 Å². The third kappa shape index (κ3) is 2.79. The zero-order valence-electron chi connectivity index (χ0n) is 14.9. The van der Waals surface area contributed by atoms with Gasteiger partial charge in [-0.15, -0.1) is 0 Å². The van der Waals surface area contributed by atoms with Crippen LogP contribution >= 0.6 is 15.9 Å². The highest BCUT2D eigenvalue weighted by molar-refractivity contribution is 9.10. The first kappa shape index (κ1) is 17.1. The number of aromatic nitrogens is 2. The van der Waals surface area contributed by atoms with Gasteiger partial charge in [0, 0.05) is 10.0 Å². The van der Waals surface area contributed by atoms with Crippen LogP contribution < -0.4 is 5.56 Å². The van der Waals surface area contributed by atoms with E-state index >= 15 is 0 Å². The predicted octanol–water partition coefficient (Wildman–Crippen LogP) is 4.61. The first-order valence-corrected chi connectivity index (χ1v) is 9.78. The molecule has 1 aliphatic rings. The van der Waals surface area contributed by atoms with Gasteiger partial charge in [-0.25, -0.2) is 4.98 Å². The lowest BCUT2D eigenvalue weighted by molar-refractivity contribution is 0.0970. The maximum atomic E-state index is 12.9. The number of halogens is 1. The van der Waals surface area contributed by atoms with E-state index in [-0.39, 0.29) is 17.9 Å². The lowest BCUT2D eigenvalue weighted by atomic mass is 10.0. The van der Waals surface area contributed by atoms with Crippen molar-refractivity contribution in [2.24, 2.45) is 0 Å². The van der Waals surface area contributed by atoms with E-state index in [4.69, 9.17) is 0 Å². The molecule has 136 valence electrons. The molecule has 0 amide bonds. The molecule has 5 rings (SSSR count). The number of nitrogens with zero attached hydrogens (tertiary/aromatic N) is 2. The molecule has 4 nitrogen and oxygen atoms in total. The second-order valence-electron chi connectivity index (χ2n) is 6.97. The Kier molecular flexibility index (Phi) is 3.98. The standard InChI is InChI=1S/C23H15BrN2O2/c24-17-7-8-21-20(11-17)23(28)26(13-25-21)12-22(27)16-6-5-15-9-14-3-1-2-4-18(14)19(15)10-16/h1-8,10-11,13H,9,12H2. The number of hydrogen-bond acceptors (Lipinski definition) is 3. The maximum Gasteiger partial charge on any atom is 0.261 e. The van der Waals surface area contributed by atoms with Crippen molar-refractivity contribution in [3.05, 3.63) is 98.5 Å². The smallest absolute Gasteiger partial charge is 0.261 e. The van der Waals surface area contributed by atoms with Gasteiger partial charge in [-0.2, -0.15) is 0 Å². The SMILES string of the molecule is O=C(Cn1cnc2ccc(Br)cc2c1=O)c1ccc2c(c1)-c1ccccc1C2. The molecule has 0 radical (unpaired) electrons. The van der Waals surface area contributed by atoms with Gasteiger partial charge in [-0.05, 0) is 52.9 Å². The molecule has 28 heavy (non-hydrogen) atoms. The Morgan fingerprint density at radius 1 is 1.00 bits per heavy atom. The number of rotatable bonds is 3. The van der Waals surface area contributed by atoms with Gasteiger partial charge in [0.25, 0.3) is 5.56 Å². The fourth-order valence-corrected chi connectivity index (χ4v) is 4.15. The van der Waals surface area contributed by atoms with Crippen molar-refractivity contribution >= 4 is 32.6 Å². The molecule has 0 saturated carbocycles. The molecule has 0 atom stereocenters. The molecule has 0 spiro atoms. The summed E-state index contributed by atoms with van der Waals surface area (Å²) in [5, 5.41) is 0.493. The van der Waals surface area contributed by atoms with E-state index in [1.807, 2.05) is 36.4 Å². The summed E-state index contributed by atoms with van der Waals surface area (Å²) in [6, 6.07) is 19.4. The average molecular weight is 431 g/mol. The van der Waals surface area contributed by atoms with Gasteiger partial charge in [-0.1, -0.05) is 52.3 Å². The van der Waals surface area contributed by atoms with Crippen LogP contribution in [0.3, 0.4) is 0 Å². The van der Waals surface area contributed by atoms with Crippen molar-refractivity contribution in [3.8, 4) is 11.1 Å². The summed E-state index contributed by atoms with van der Waals surface area (Å²) in [5.74, 6) is -0.106. The van der Waals surface area contributed by atoms with Crippen molar-refractivity contribution in [2.75, 3.05) is 0 Å². The first-order valence-electron chi connectivity index (χ1n) is 8.99. The highest BCUT2D eigenvalue weighted by atomic mass is 79.9. The summed E-state index contributed by atoms with van der Waals surface area (Å²) < 4.78 is 2.18. The quantitative estimate of drug-likeness (QED) is 0.392.